The number of rotatable bonds is 2. The fourth-order valence-corrected chi connectivity index (χ4v) is 2.13. The maximum atomic E-state index is 11.4. The zero-order valence-corrected chi connectivity index (χ0v) is 10.4. The number of nitrogens with two attached hydrogens (primary N) is 1. The molecule has 0 radical (unpaired) electrons. The quantitative estimate of drug-likeness (QED) is 0.751. The summed E-state index contributed by atoms with van der Waals surface area (Å²) in [5.41, 5.74) is 6.01. The van der Waals surface area contributed by atoms with Crippen molar-refractivity contribution in [2.75, 3.05) is 26.4 Å². The van der Waals surface area contributed by atoms with Crippen LogP contribution in [-0.4, -0.2) is 47.0 Å². The van der Waals surface area contributed by atoms with E-state index in [2.05, 4.69) is 9.72 Å². The van der Waals surface area contributed by atoms with Gasteiger partial charge in [0.25, 0.3) is 0 Å². The Morgan fingerprint density at radius 1 is 1.61 bits per heavy atom. The zero-order valence-electron chi connectivity index (χ0n) is 10.4. The van der Waals surface area contributed by atoms with Crippen molar-refractivity contribution in [2.24, 2.45) is 0 Å². The first-order valence-electron chi connectivity index (χ1n) is 5.69. The first-order chi connectivity index (χ1) is 8.54. The number of nitrogens with zero attached hydrogens (tertiary/aromatic N) is 3. The summed E-state index contributed by atoms with van der Waals surface area (Å²) in [5.74, 6) is -0.140. The number of hydrogen-bond acceptors (Lipinski definition) is 5. The number of ether oxygens (including phenoxy) is 1. The van der Waals surface area contributed by atoms with Gasteiger partial charge >= 0.3 is 5.97 Å². The van der Waals surface area contributed by atoms with Gasteiger partial charge in [0.05, 0.1) is 19.5 Å². The van der Waals surface area contributed by atoms with Gasteiger partial charge in [0, 0.05) is 20.0 Å². The van der Waals surface area contributed by atoms with Crippen molar-refractivity contribution in [3.05, 3.63) is 12.0 Å². The summed E-state index contributed by atoms with van der Waals surface area (Å²) in [4.78, 5) is 28.4. The molecule has 1 atom stereocenters. The van der Waals surface area contributed by atoms with Gasteiger partial charge in [-0.3, -0.25) is 4.79 Å². The number of nitrogen functional groups attached to an aromatic ring is 1. The third-order valence-electron chi connectivity index (χ3n) is 3.21. The standard InChI is InChI=1S/C11H16N4O3/c1-14-5-7(3-4-8(14)16)15-6-13-9(10(15)12)11(17)18-2/h6-7H,3-5,12H2,1-2H3. The minimum atomic E-state index is -0.550. The number of likely N-dealkylation sites (tertiary alicyclic amines) is 1. The molecule has 1 fully saturated rings. The van der Waals surface area contributed by atoms with Gasteiger partial charge in [-0.2, -0.15) is 0 Å². The fraction of sp³-hybridized carbons (Fsp3) is 0.545. The van der Waals surface area contributed by atoms with E-state index in [-0.39, 0.29) is 23.5 Å². The Kier molecular flexibility index (Phi) is 3.22. The number of carbonyl (C=O) groups excluding carboxylic acids is 2. The number of imidazole rings is 1. The summed E-state index contributed by atoms with van der Waals surface area (Å²) in [7, 11) is 3.04. The zero-order chi connectivity index (χ0) is 13.3. The first kappa shape index (κ1) is 12.4. The second kappa shape index (κ2) is 4.67. The molecule has 1 unspecified atom stereocenters. The van der Waals surface area contributed by atoms with Gasteiger partial charge in [-0.05, 0) is 6.42 Å². The highest BCUT2D eigenvalue weighted by Crippen LogP contribution is 2.25. The molecule has 0 aromatic carbocycles. The first-order valence-corrected chi connectivity index (χ1v) is 5.69. The minimum Gasteiger partial charge on any atom is -0.464 e. The fourth-order valence-electron chi connectivity index (χ4n) is 2.13. The molecular weight excluding hydrogens is 236 g/mol. The lowest BCUT2D eigenvalue weighted by Crippen LogP contribution is -2.38. The number of aromatic nitrogens is 2. The Balaban J connectivity index is 2.22. The molecule has 0 spiro atoms. The van der Waals surface area contributed by atoms with Crippen LogP contribution >= 0.6 is 0 Å². The molecule has 0 aliphatic carbocycles. The van der Waals surface area contributed by atoms with Crippen LogP contribution in [0.2, 0.25) is 0 Å². The van der Waals surface area contributed by atoms with E-state index in [1.165, 1.54) is 13.4 Å². The van der Waals surface area contributed by atoms with Gasteiger partial charge in [-0.15, -0.1) is 0 Å². The molecule has 1 aliphatic heterocycles. The molecule has 1 amide bonds. The third kappa shape index (κ3) is 2.03. The lowest BCUT2D eigenvalue weighted by atomic mass is 10.1. The third-order valence-corrected chi connectivity index (χ3v) is 3.21. The maximum absolute atomic E-state index is 11.4. The average molecular weight is 252 g/mol. The Hall–Kier alpha value is -2.05. The van der Waals surface area contributed by atoms with E-state index in [1.807, 2.05) is 0 Å². The summed E-state index contributed by atoms with van der Waals surface area (Å²) in [6, 6.07) is 0.0543. The number of amides is 1. The van der Waals surface area contributed by atoms with E-state index < -0.39 is 5.97 Å². The van der Waals surface area contributed by atoms with E-state index in [9.17, 15) is 9.59 Å². The molecular formula is C11H16N4O3. The van der Waals surface area contributed by atoms with Gasteiger partial charge in [0.15, 0.2) is 5.69 Å². The van der Waals surface area contributed by atoms with Gasteiger partial charge in [0.1, 0.15) is 5.82 Å². The maximum Gasteiger partial charge on any atom is 0.360 e. The van der Waals surface area contributed by atoms with E-state index in [4.69, 9.17) is 5.73 Å². The van der Waals surface area contributed by atoms with Crippen LogP contribution in [0.4, 0.5) is 5.82 Å². The van der Waals surface area contributed by atoms with Crippen molar-refractivity contribution in [2.45, 2.75) is 18.9 Å². The summed E-state index contributed by atoms with van der Waals surface area (Å²) in [5, 5.41) is 0. The van der Waals surface area contributed by atoms with Crippen LogP contribution in [0.3, 0.4) is 0 Å². The summed E-state index contributed by atoms with van der Waals surface area (Å²) >= 11 is 0. The van der Waals surface area contributed by atoms with Crippen LogP contribution in [0, 0.1) is 0 Å². The highest BCUT2D eigenvalue weighted by Gasteiger charge is 2.27. The monoisotopic (exact) mass is 252 g/mol. The number of esters is 1. The van der Waals surface area contributed by atoms with Crippen molar-refractivity contribution >= 4 is 17.7 Å². The topological polar surface area (TPSA) is 90.4 Å². The van der Waals surface area contributed by atoms with Crippen molar-refractivity contribution in [1.82, 2.24) is 14.5 Å². The van der Waals surface area contributed by atoms with Crippen LogP contribution in [0.25, 0.3) is 0 Å². The lowest BCUT2D eigenvalue weighted by Gasteiger charge is -2.30. The van der Waals surface area contributed by atoms with Crippen molar-refractivity contribution in [3.8, 4) is 0 Å². The minimum absolute atomic E-state index is 0.0543. The van der Waals surface area contributed by atoms with Crippen LogP contribution in [0.1, 0.15) is 29.4 Å². The predicted octanol–water partition coefficient (Wildman–Crippen LogP) is 0.0452. The van der Waals surface area contributed by atoms with Gasteiger partial charge in [-0.1, -0.05) is 0 Å². The molecule has 2 heterocycles. The summed E-state index contributed by atoms with van der Waals surface area (Å²) < 4.78 is 6.33. The second-order valence-corrected chi connectivity index (χ2v) is 4.34. The number of likely N-dealkylation sites (N-methyl/N-ethyl adjacent to an activating group) is 1. The number of carbonyl (C=O) groups is 2. The highest BCUT2D eigenvalue weighted by molar-refractivity contribution is 5.92. The van der Waals surface area contributed by atoms with Gasteiger partial charge in [-0.25, -0.2) is 9.78 Å². The molecule has 7 heteroatoms. The summed E-state index contributed by atoms with van der Waals surface area (Å²) in [6.07, 6.45) is 2.70. The molecule has 2 N–H and O–H groups in total. The average Bonchev–Trinajstić information content (AvgIpc) is 2.74. The van der Waals surface area contributed by atoms with Crippen LogP contribution < -0.4 is 5.73 Å². The Morgan fingerprint density at radius 3 is 2.94 bits per heavy atom. The predicted molar refractivity (Wildman–Crippen MR) is 63.9 cm³/mol. The molecule has 0 bridgehead atoms. The Morgan fingerprint density at radius 2 is 2.33 bits per heavy atom. The Bertz CT molecular complexity index is 483. The van der Waals surface area contributed by atoms with E-state index in [1.54, 1.807) is 16.5 Å². The molecule has 18 heavy (non-hydrogen) atoms. The van der Waals surface area contributed by atoms with Crippen molar-refractivity contribution in [1.29, 1.82) is 0 Å². The molecule has 98 valence electrons. The summed E-state index contributed by atoms with van der Waals surface area (Å²) in [6.45, 7) is 0.569. The van der Waals surface area contributed by atoms with Crippen LogP contribution in [0.15, 0.2) is 6.33 Å². The van der Waals surface area contributed by atoms with E-state index >= 15 is 0 Å². The normalized spacial score (nSPS) is 20.0. The van der Waals surface area contributed by atoms with Gasteiger partial charge < -0.3 is 19.9 Å². The SMILES string of the molecule is COC(=O)c1ncn(C2CCC(=O)N(C)C2)c1N. The van der Waals surface area contributed by atoms with Crippen LogP contribution in [-0.2, 0) is 9.53 Å². The van der Waals surface area contributed by atoms with Crippen molar-refractivity contribution < 1.29 is 14.3 Å². The molecule has 1 aromatic rings. The van der Waals surface area contributed by atoms with Crippen LogP contribution in [0.5, 0.6) is 0 Å². The van der Waals surface area contributed by atoms with Gasteiger partial charge in [0.2, 0.25) is 5.91 Å². The number of methoxy groups -OCH3 is 1. The molecule has 1 aromatic heterocycles. The number of anilines is 1. The highest BCUT2D eigenvalue weighted by atomic mass is 16.5. The molecule has 0 saturated carbocycles. The second-order valence-electron chi connectivity index (χ2n) is 4.34. The molecule has 1 saturated heterocycles. The number of hydrogen-bond donors (Lipinski definition) is 1. The smallest absolute Gasteiger partial charge is 0.360 e. The molecule has 1 aliphatic rings. The Labute approximate surface area is 105 Å². The number of piperidine rings is 1. The van der Waals surface area contributed by atoms with E-state index in [0.717, 1.165) is 0 Å². The van der Waals surface area contributed by atoms with E-state index in [0.29, 0.717) is 19.4 Å². The molecule has 7 nitrogen and oxygen atoms in total. The molecule has 2 rings (SSSR count). The lowest BCUT2D eigenvalue weighted by molar-refractivity contribution is -0.132. The largest absolute Gasteiger partial charge is 0.464 e. The van der Waals surface area contributed by atoms with Crippen molar-refractivity contribution in [3.63, 3.8) is 0 Å².